The molecule has 0 bridgehead atoms. The topological polar surface area (TPSA) is 3.24 Å². The number of para-hydroxylation sites is 1. The maximum absolute atomic E-state index is 2.41. The molecular formula is C44H31N. The van der Waals surface area contributed by atoms with E-state index in [1.54, 1.807) is 0 Å². The third-order valence-electron chi connectivity index (χ3n) is 8.64. The zero-order chi connectivity index (χ0) is 30.0. The fraction of sp³-hybridized carbons (Fsp3) is 0. The molecule has 0 saturated heterocycles. The van der Waals surface area contributed by atoms with E-state index in [1.165, 1.54) is 54.9 Å². The highest BCUT2D eigenvalue weighted by molar-refractivity contribution is 6.25. The highest BCUT2D eigenvalue weighted by Crippen LogP contribution is 2.49. The van der Waals surface area contributed by atoms with E-state index in [9.17, 15) is 0 Å². The van der Waals surface area contributed by atoms with Crippen LogP contribution in [0.3, 0.4) is 0 Å². The summed E-state index contributed by atoms with van der Waals surface area (Å²) in [6.07, 6.45) is 0. The Morgan fingerprint density at radius 1 is 0.267 bits per heavy atom. The van der Waals surface area contributed by atoms with Crippen LogP contribution >= 0.6 is 0 Å². The van der Waals surface area contributed by atoms with Gasteiger partial charge in [0.25, 0.3) is 0 Å². The average molecular weight is 574 g/mol. The average Bonchev–Trinajstić information content (AvgIpc) is 3.13. The van der Waals surface area contributed by atoms with Crippen LogP contribution < -0.4 is 4.90 Å². The third-order valence-corrected chi connectivity index (χ3v) is 8.64. The first-order valence-electron chi connectivity index (χ1n) is 15.5. The first-order valence-corrected chi connectivity index (χ1v) is 15.5. The van der Waals surface area contributed by atoms with Crippen LogP contribution in [-0.2, 0) is 0 Å². The molecule has 1 nitrogen and oxygen atoms in total. The van der Waals surface area contributed by atoms with E-state index in [1.807, 2.05) is 0 Å². The Labute approximate surface area is 264 Å². The van der Waals surface area contributed by atoms with Crippen LogP contribution in [0.5, 0.6) is 0 Å². The predicted molar refractivity (Wildman–Crippen MR) is 192 cm³/mol. The van der Waals surface area contributed by atoms with Crippen molar-refractivity contribution < 1.29 is 0 Å². The summed E-state index contributed by atoms with van der Waals surface area (Å²) in [5.74, 6) is 0. The zero-order valence-corrected chi connectivity index (χ0v) is 24.8. The molecule has 0 spiro atoms. The lowest BCUT2D eigenvalue weighted by atomic mass is 9.84. The summed E-state index contributed by atoms with van der Waals surface area (Å²) in [7, 11) is 0. The Morgan fingerprint density at radius 3 is 1.33 bits per heavy atom. The maximum Gasteiger partial charge on any atom is 0.0546 e. The number of fused-ring (bicyclic) bond motifs is 3. The molecule has 0 saturated carbocycles. The van der Waals surface area contributed by atoms with Crippen molar-refractivity contribution in [1.82, 2.24) is 0 Å². The second kappa shape index (κ2) is 11.6. The van der Waals surface area contributed by atoms with Crippen molar-refractivity contribution in [3.63, 3.8) is 0 Å². The van der Waals surface area contributed by atoms with Crippen molar-refractivity contribution in [3.05, 3.63) is 188 Å². The Hall–Kier alpha value is -5.92. The van der Waals surface area contributed by atoms with Crippen molar-refractivity contribution in [1.29, 1.82) is 0 Å². The molecule has 0 heterocycles. The SMILES string of the molecule is c1ccc(-c2ccc(N(c3ccccc3)c3cccc4c3c(-c3ccccc3)c(-c3ccccc3)c3ccccc34)cc2)cc1. The van der Waals surface area contributed by atoms with Gasteiger partial charge in [-0.1, -0.05) is 158 Å². The van der Waals surface area contributed by atoms with E-state index in [-0.39, 0.29) is 0 Å². The molecule has 0 atom stereocenters. The number of hydrogen-bond acceptors (Lipinski definition) is 1. The molecule has 212 valence electrons. The molecule has 0 aromatic heterocycles. The summed E-state index contributed by atoms with van der Waals surface area (Å²) in [5.41, 5.74) is 10.7. The van der Waals surface area contributed by atoms with E-state index in [4.69, 9.17) is 0 Å². The summed E-state index contributed by atoms with van der Waals surface area (Å²) in [6.45, 7) is 0. The Balaban J connectivity index is 1.48. The maximum atomic E-state index is 2.41. The number of hydrogen-bond donors (Lipinski definition) is 0. The normalized spacial score (nSPS) is 11.1. The van der Waals surface area contributed by atoms with Gasteiger partial charge in [-0.05, 0) is 74.3 Å². The van der Waals surface area contributed by atoms with Crippen LogP contribution in [0.4, 0.5) is 17.1 Å². The van der Waals surface area contributed by atoms with Crippen LogP contribution in [0.2, 0.25) is 0 Å². The molecule has 45 heavy (non-hydrogen) atoms. The minimum atomic E-state index is 1.11. The standard InChI is InChI=1S/C44H31N/c1-5-16-32(17-6-1)33-28-30-37(31-29-33)45(36-22-11-4-12-23-36)41-27-15-26-40-38-24-13-14-25-39(38)42(34-18-7-2-8-19-34)43(44(40)41)35-20-9-3-10-21-35/h1-31H. The quantitative estimate of drug-likeness (QED) is 0.179. The fourth-order valence-corrected chi connectivity index (χ4v) is 6.65. The second-order valence-electron chi connectivity index (χ2n) is 11.3. The molecule has 0 aliphatic carbocycles. The molecule has 8 aromatic rings. The number of anilines is 3. The summed E-state index contributed by atoms with van der Waals surface area (Å²) < 4.78 is 0. The molecule has 0 fully saturated rings. The zero-order valence-electron chi connectivity index (χ0n) is 24.8. The van der Waals surface area contributed by atoms with E-state index in [0.717, 1.165) is 17.1 Å². The van der Waals surface area contributed by atoms with Crippen LogP contribution in [-0.4, -0.2) is 0 Å². The minimum Gasteiger partial charge on any atom is -0.310 e. The molecule has 0 N–H and O–H groups in total. The summed E-state index contributed by atoms with van der Waals surface area (Å²) in [6, 6.07) is 67.6. The van der Waals surface area contributed by atoms with Gasteiger partial charge in [-0.3, -0.25) is 0 Å². The van der Waals surface area contributed by atoms with Gasteiger partial charge in [-0.25, -0.2) is 0 Å². The second-order valence-corrected chi connectivity index (χ2v) is 11.3. The summed E-state index contributed by atoms with van der Waals surface area (Å²) >= 11 is 0. The first-order chi connectivity index (χ1) is 22.4. The summed E-state index contributed by atoms with van der Waals surface area (Å²) in [4.78, 5) is 2.41. The monoisotopic (exact) mass is 573 g/mol. The van der Waals surface area contributed by atoms with Crippen molar-refractivity contribution in [2.75, 3.05) is 4.90 Å². The molecule has 0 aliphatic rings. The van der Waals surface area contributed by atoms with Crippen molar-refractivity contribution >= 4 is 38.6 Å². The van der Waals surface area contributed by atoms with Crippen LogP contribution in [0.1, 0.15) is 0 Å². The first kappa shape index (κ1) is 26.7. The largest absolute Gasteiger partial charge is 0.310 e. The minimum absolute atomic E-state index is 1.11. The fourth-order valence-electron chi connectivity index (χ4n) is 6.65. The third kappa shape index (κ3) is 4.85. The molecular weight excluding hydrogens is 542 g/mol. The Morgan fingerprint density at radius 2 is 0.711 bits per heavy atom. The lowest BCUT2D eigenvalue weighted by molar-refractivity contribution is 1.30. The van der Waals surface area contributed by atoms with E-state index in [2.05, 4.69) is 193 Å². The Bertz CT molecular complexity index is 2220. The van der Waals surface area contributed by atoms with Crippen molar-refractivity contribution in [3.8, 4) is 33.4 Å². The van der Waals surface area contributed by atoms with Crippen LogP contribution in [0.15, 0.2) is 188 Å². The smallest absolute Gasteiger partial charge is 0.0546 e. The molecule has 0 aliphatic heterocycles. The molecule has 0 unspecified atom stereocenters. The molecule has 1 heteroatoms. The van der Waals surface area contributed by atoms with Gasteiger partial charge in [-0.2, -0.15) is 0 Å². The number of nitrogens with zero attached hydrogens (tertiary/aromatic N) is 1. The van der Waals surface area contributed by atoms with Gasteiger partial charge in [0.05, 0.1) is 5.69 Å². The van der Waals surface area contributed by atoms with Gasteiger partial charge in [0.2, 0.25) is 0 Å². The lowest BCUT2D eigenvalue weighted by Crippen LogP contribution is -2.11. The molecule has 8 rings (SSSR count). The van der Waals surface area contributed by atoms with E-state index >= 15 is 0 Å². The molecule has 8 aromatic carbocycles. The van der Waals surface area contributed by atoms with Gasteiger partial charge in [0, 0.05) is 22.3 Å². The number of rotatable bonds is 6. The van der Waals surface area contributed by atoms with Gasteiger partial charge in [0.1, 0.15) is 0 Å². The highest BCUT2D eigenvalue weighted by Gasteiger charge is 2.23. The van der Waals surface area contributed by atoms with Gasteiger partial charge in [0.15, 0.2) is 0 Å². The Kier molecular flexibility index (Phi) is 6.90. The summed E-state index contributed by atoms with van der Waals surface area (Å²) in [5, 5.41) is 4.98. The van der Waals surface area contributed by atoms with Crippen molar-refractivity contribution in [2.45, 2.75) is 0 Å². The van der Waals surface area contributed by atoms with Gasteiger partial charge >= 0.3 is 0 Å². The molecule has 0 amide bonds. The van der Waals surface area contributed by atoms with Gasteiger partial charge < -0.3 is 4.90 Å². The molecule has 0 radical (unpaired) electrons. The highest BCUT2D eigenvalue weighted by atomic mass is 15.1. The number of benzene rings is 8. The predicted octanol–water partition coefficient (Wildman–Crippen LogP) is 12.5. The van der Waals surface area contributed by atoms with Crippen LogP contribution in [0.25, 0.3) is 54.9 Å². The van der Waals surface area contributed by atoms with E-state index < -0.39 is 0 Å². The van der Waals surface area contributed by atoms with Crippen molar-refractivity contribution in [2.24, 2.45) is 0 Å². The van der Waals surface area contributed by atoms with Gasteiger partial charge in [-0.15, -0.1) is 0 Å². The lowest BCUT2D eigenvalue weighted by Gasteiger charge is -2.29. The van der Waals surface area contributed by atoms with E-state index in [0.29, 0.717) is 0 Å². The van der Waals surface area contributed by atoms with Crippen LogP contribution in [0, 0.1) is 0 Å².